The molecule has 1 heteroatoms. The topological polar surface area (TPSA) is 12.0 Å². The molecule has 0 saturated heterocycles. The van der Waals surface area contributed by atoms with Crippen molar-refractivity contribution < 1.29 is 0 Å². The molecule has 0 aliphatic rings. The van der Waals surface area contributed by atoms with Crippen LogP contribution in [-0.2, 0) is 6.42 Å². The van der Waals surface area contributed by atoms with Gasteiger partial charge in [0.15, 0.2) is 0 Å². The van der Waals surface area contributed by atoms with E-state index >= 15 is 0 Å². The van der Waals surface area contributed by atoms with Crippen molar-refractivity contribution in [1.29, 1.82) is 0 Å². The fraction of sp³-hybridized carbons (Fsp3) is 0.667. The van der Waals surface area contributed by atoms with E-state index < -0.39 is 0 Å². The summed E-state index contributed by atoms with van der Waals surface area (Å²) in [6.07, 6.45) is 4.95. The van der Waals surface area contributed by atoms with E-state index in [0.29, 0.717) is 5.41 Å². The Kier molecular flexibility index (Phi) is 6.57. The van der Waals surface area contributed by atoms with Crippen molar-refractivity contribution in [2.75, 3.05) is 13.1 Å². The third kappa shape index (κ3) is 6.24. The lowest BCUT2D eigenvalue weighted by atomic mass is 9.83. The average molecular weight is 261 g/mol. The van der Waals surface area contributed by atoms with Crippen LogP contribution in [0.1, 0.15) is 56.7 Å². The Labute approximate surface area is 119 Å². The first-order valence-electron chi connectivity index (χ1n) is 7.71. The van der Waals surface area contributed by atoms with Gasteiger partial charge < -0.3 is 5.32 Å². The van der Waals surface area contributed by atoms with Crippen molar-refractivity contribution in [3.63, 3.8) is 0 Å². The summed E-state index contributed by atoms with van der Waals surface area (Å²) in [6.45, 7) is 13.7. The van der Waals surface area contributed by atoms with Gasteiger partial charge in [0.2, 0.25) is 0 Å². The molecule has 0 fully saturated rings. The van der Waals surface area contributed by atoms with Crippen molar-refractivity contribution >= 4 is 0 Å². The van der Waals surface area contributed by atoms with E-state index in [9.17, 15) is 0 Å². The van der Waals surface area contributed by atoms with Crippen molar-refractivity contribution in [2.45, 2.75) is 60.3 Å². The highest BCUT2D eigenvalue weighted by molar-refractivity contribution is 5.29. The van der Waals surface area contributed by atoms with Gasteiger partial charge in [0.25, 0.3) is 0 Å². The number of hydrogen-bond acceptors (Lipinski definition) is 1. The van der Waals surface area contributed by atoms with Crippen LogP contribution in [0, 0.1) is 19.3 Å². The highest BCUT2D eigenvalue weighted by Crippen LogP contribution is 2.27. The predicted octanol–water partition coefficient (Wildman–Crippen LogP) is 4.65. The van der Waals surface area contributed by atoms with Crippen LogP contribution in [0.15, 0.2) is 18.2 Å². The zero-order chi connectivity index (χ0) is 14.3. The summed E-state index contributed by atoms with van der Waals surface area (Å²) in [5.74, 6) is 0. The zero-order valence-corrected chi connectivity index (χ0v) is 13.5. The molecule has 0 heterocycles. The summed E-state index contributed by atoms with van der Waals surface area (Å²) >= 11 is 0. The van der Waals surface area contributed by atoms with Crippen LogP contribution in [0.5, 0.6) is 0 Å². The first kappa shape index (κ1) is 16.2. The molecule has 0 bridgehead atoms. The summed E-state index contributed by atoms with van der Waals surface area (Å²) < 4.78 is 0. The predicted molar refractivity (Wildman–Crippen MR) is 85.8 cm³/mol. The van der Waals surface area contributed by atoms with Gasteiger partial charge >= 0.3 is 0 Å². The molecule has 0 radical (unpaired) electrons. The maximum atomic E-state index is 3.51. The summed E-state index contributed by atoms with van der Waals surface area (Å²) in [6, 6.07) is 6.88. The minimum atomic E-state index is 0.430. The molecule has 1 aromatic carbocycles. The van der Waals surface area contributed by atoms with E-state index in [2.05, 4.69) is 58.1 Å². The monoisotopic (exact) mass is 261 g/mol. The summed E-state index contributed by atoms with van der Waals surface area (Å²) in [5.41, 5.74) is 4.73. The Hall–Kier alpha value is -0.820. The molecule has 1 aromatic rings. The van der Waals surface area contributed by atoms with Gasteiger partial charge in [0.05, 0.1) is 0 Å². The van der Waals surface area contributed by atoms with Gasteiger partial charge in [-0.15, -0.1) is 0 Å². The lowest BCUT2D eigenvalue weighted by Gasteiger charge is -2.25. The molecule has 1 N–H and O–H groups in total. The number of aryl methyl sites for hydroxylation is 3. The van der Waals surface area contributed by atoms with Gasteiger partial charge in [-0.3, -0.25) is 0 Å². The number of hydrogen-bond donors (Lipinski definition) is 1. The minimum Gasteiger partial charge on any atom is -0.317 e. The molecule has 1 rings (SSSR count). The van der Waals surface area contributed by atoms with Gasteiger partial charge in [-0.1, -0.05) is 39.0 Å². The second-order valence-electron chi connectivity index (χ2n) is 6.58. The molecular weight excluding hydrogens is 230 g/mol. The van der Waals surface area contributed by atoms with Crippen molar-refractivity contribution in [3.05, 3.63) is 34.9 Å². The summed E-state index contributed by atoms with van der Waals surface area (Å²) in [4.78, 5) is 0. The van der Waals surface area contributed by atoms with Crippen LogP contribution in [0.4, 0.5) is 0 Å². The lowest BCUT2D eigenvalue weighted by Crippen LogP contribution is -2.23. The summed E-state index contributed by atoms with van der Waals surface area (Å²) in [5, 5.41) is 3.51. The number of benzene rings is 1. The third-order valence-corrected chi connectivity index (χ3v) is 4.07. The first-order chi connectivity index (χ1) is 8.94. The van der Waals surface area contributed by atoms with E-state index in [1.54, 1.807) is 0 Å². The largest absolute Gasteiger partial charge is 0.317 e. The van der Waals surface area contributed by atoms with Gasteiger partial charge in [0, 0.05) is 0 Å². The average Bonchev–Trinajstić information content (AvgIpc) is 2.36. The lowest BCUT2D eigenvalue weighted by molar-refractivity contribution is 0.302. The highest BCUT2D eigenvalue weighted by atomic mass is 14.8. The Morgan fingerprint density at radius 2 is 1.74 bits per heavy atom. The van der Waals surface area contributed by atoms with Crippen molar-refractivity contribution in [2.24, 2.45) is 5.41 Å². The number of nitrogens with one attached hydrogen (secondary N) is 1. The molecule has 0 unspecified atom stereocenters. The quantitative estimate of drug-likeness (QED) is 0.672. The molecular formula is C18H31N. The van der Waals surface area contributed by atoms with Crippen LogP contribution in [0.2, 0.25) is 0 Å². The molecule has 0 aromatic heterocycles. The molecule has 0 aliphatic heterocycles. The highest BCUT2D eigenvalue weighted by Gasteiger charge is 2.17. The maximum Gasteiger partial charge on any atom is -0.00438 e. The second kappa shape index (κ2) is 7.69. The van der Waals surface area contributed by atoms with Crippen molar-refractivity contribution in [3.8, 4) is 0 Å². The Morgan fingerprint density at radius 3 is 2.37 bits per heavy atom. The van der Waals surface area contributed by atoms with Crippen LogP contribution in [-0.4, -0.2) is 13.1 Å². The van der Waals surface area contributed by atoms with E-state index in [0.717, 1.165) is 13.1 Å². The fourth-order valence-corrected chi connectivity index (χ4v) is 2.30. The zero-order valence-electron chi connectivity index (χ0n) is 13.5. The molecule has 19 heavy (non-hydrogen) atoms. The third-order valence-electron chi connectivity index (χ3n) is 4.07. The van der Waals surface area contributed by atoms with Crippen LogP contribution in [0.3, 0.4) is 0 Å². The molecule has 0 aliphatic carbocycles. The van der Waals surface area contributed by atoms with E-state index in [-0.39, 0.29) is 0 Å². The van der Waals surface area contributed by atoms with Gasteiger partial charge in [-0.05, 0) is 74.7 Å². The smallest absolute Gasteiger partial charge is 0.00438 e. The molecule has 0 amide bonds. The molecule has 0 atom stereocenters. The molecule has 0 spiro atoms. The van der Waals surface area contributed by atoms with E-state index in [4.69, 9.17) is 0 Å². The van der Waals surface area contributed by atoms with Gasteiger partial charge in [-0.25, -0.2) is 0 Å². The molecule has 108 valence electrons. The van der Waals surface area contributed by atoms with Gasteiger partial charge in [-0.2, -0.15) is 0 Å². The van der Waals surface area contributed by atoms with Crippen molar-refractivity contribution in [1.82, 2.24) is 5.32 Å². The SMILES string of the molecule is CCCNCCC(C)(C)CCc1ccc(C)c(C)c1. The molecule has 1 nitrogen and oxygen atoms in total. The van der Waals surface area contributed by atoms with E-state index in [1.165, 1.54) is 42.4 Å². The van der Waals surface area contributed by atoms with Crippen LogP contribution < -0.4 is 5.32 Å². The van der Waals surface area contributed by atoms with Gasteiger partial charge in [0.1, 0.15) is 0 Å². The Balaban J connectivity index is 2.39. The van der Waals surface area contributed by atoms with E-state index in [1.807, 2.05) is 0 Å². The van der Waals surface area contributed by atoms with Crippen LogP contribution in [0.25, 0.3) is 0 Å². The number of rotatable bonds is 8. The second-order valence-corrected chi connectivity index (χ2v) is 6.58. The normalized spacial score (nSPS) is 11.8. The fourth-order valence-electron chi connectivity index (χ4n) is 2.30. The first-order valence-corrected chi connectivity index (χ1v) is 7.71. The standard InChI is InChI=1S/C18H31N/c1-6-12-19-13-11-18(4,5)10-9-17-8-7-15(2)16(3)14-17/h7-8,14,19H,6,9-13H2,1-5H3. The minimum absolute atomic E-state index is 0.430. The summed E-state index contributed by atoms with van der Waals surface area (Å²) in [7, 11) is 0. The Morgan fingerprint density at radius 1 is 1.00 bits per heavy atom. The maximum absolute atomic E-state index is 3.51. The molecule has 0 saturated carbocycles. The van der Waals surface area contributed by atoms with Crippen LogP contribution >= 0.6 is 0 Å². The Bertz CT molecular complexity index is 379.